The van der Waals surface area contributed by atoms with E-state index in [4.69, 9.17) is 5.11 Å². The summed E-state index contributed by atoms with van der Waals surface area (Å²) in [6.45, 7) is 3.58. The lowest BCUT2D eigenvalue weighted by Crippen LogP contribution is -2.45. The fraction of sp³-hybridized carbons (Fsp3) is 0.462. The molecule has 21 heavy (non-hydrogen) atoms. The molecule has 116 valence electrons. The fourth-order valence-electron chi connectivity index (χ4n) is 1.57. The van der Waals surface area contributed by atoms with Crippen LogP contribution in [0.5, 0.6) is 0 Å². The SMILES string of the molecule is CC(CNC(=O)C(C)NC(=O)c1ccc(Br)s1)CC(=O)O. The molecular weight excluding hydrogens is 360 g/mol. The number of halogens is 1. The Balaban J connectivity index is 2.40. The third kappa shape index (κ3) is 6.26. The number of nitrogens with one attached hydrogen (secondary N) is 2. The number of carbonyl (C=O) groups excluding carboxylic acids is 2. The van der Waals surface area contributed by atoms with Gasteiger partial charge >= 0.3 is 5.97 Å². The monoisotopic (exact) mass is 376 g/mol. The molecule has 0 aliphatic rings. The zero-order chi connectivity index (χ0) is 16.0. The van der Waals surface area contributed by atoms with Crippen molar-refractivity contribution in [3.8, 4) is 0 Å². The first-order chi connectivity index (χ1) is 9.79. The van der Waals surface area contributed by atoms with Gasteiger partial charge in [-0.2, -0.15) is 0 Å². The van der Waals surface area contributed by atoms with Crippen molar-refractivity contribution in [3.05, 3.63) is 20.8 Å². The Labute approximate surface area is 135 Å². The quantitative estimate of drug-likeness (QED) is 0.676. The van der Waals surface area contributed by atoms with Crippen molar-refractivity contribution in [1.29, 1.82) is 0 Å². The molecule has 1 aromatic heterocycles. The van der Waals surface area contributed by atoms with E-state index in [0.717, 1.165) is 3.79 Å². The van der Waals surface area contributed by atoms with Crippen molar-refractivity contribution in [1.82, 2.24) is 10.6 Å². The molecule has 0 spiro atoms. The maximum atomic E-state index is 11.9. The standard InChI is InChI=1S/C13H17BrN2O4S/c1-7(5-11(17)18)6-15-12(19)8(2)16-13(20)9-3-4-10(14)21-9/h3-4,7-8H,5-6H2,1-2H3,(H,15,19)(H,16,20)(H,17,18). The Bertz CT molecular complexity index is 532. The number of aliphatic carboxylic acids is 1. The number of amides is 2. The van der Waals surface area contributed by atoms with E-state index in [2.05, 4.69) is 26.6 Å². The molecular formula is C13H17BrN2O4S. The first kappa shape index (κ1) is 17.6. The van der Waals surface area contributed by atoms with Gasteiger partial charge in [0.15, 0.2) is 0 Å². The van der Waals surface area contributed by atoms with Crippen LogP contribution in [-0.2, 0) is 9.59 Å². The summed E-state index contributed by atoms with van der Waals surface area (Å²) >= 11 is 4.55. The van der Waals surface area contributed by atoms with Crippen molar-refractivity contribution in [2.24, 2.45) is 5.92 Å². The van der Waals surface area contributed by atoms with Crippen molar-refractivity contribution in [3.63, 3.8) is 0 Å². The summed E-state index contributed by atoms with van der Waals surface area (Å²) in [7, 11) is 0. The molecule has 3 N–H and O–H groups in total. The smallest absolute Gasteiger partial charge is 0.303 e. The molecule has 0 aliphatic heterocycles. The molecule has 0 bridgehead atoms. The Morgan fingerprint density at radius 3 is 2.52 bits per heavy atom. The molecule has 6 nitrogen and oxygen atoms in total. The van der Waals surface area contributed by atoms with Crippen LogP contribution in [-0.4, -0.2) is 35.5 Å². The summed E-state index contributed by atoms with van der Waals surface area (Å²) in [6, 6.07) is 2.75. The van der Waals surface area contributed by atoms with Gasteiger partial charge < -0.3 is 15.7 Å². The minimum Gasteiger partial charge on any atom is -0.481 e. The molecule has 2 atom stereocenters. The highest BCUT2D eigenvalue weighted by atomic mass is 79.9. The summed E-state index contributed by atoms with van der Waals surface area (Å²) < 4.78 is 0.840. The second kappa shape index (κ2) is 8.14. The van der Waals surface area contributed by atoms with E-state index in [1.54, 1.807) is 26.0 Å². The highest BCUT2D eigenvalue weighted by molar-refractivity contribution is 9.11. The highest BCUT2D eigenvalue weighted by Crippen LogP contribution is 2.21. The van der Waals surface area contributed by atoms with E-state index in [1.165, 1.54) is 11.3 Å². The summed E-state index contributed by atoms with van der Waals surface area (Å²) in [4.78, 5) is 34.7. The molecule has 1 heterocycles. The van der Waals surface area contributed by atoms with E-state index in [9.17, 15) is 14.4 Å². The van der Waals surface area contributed by atoms with E-state index in [0.29, 0.717) is 4.88 Å². The number of hydrogen-bond acceptors (Lipinski definition) is 4. The Kier molecular flexibility index (Phi) is 6.83. The molecule has 1 aromatic rings. The first-order valence-corrected chi connectivity index (χ1v) is 7.96. The Morgan fingerprint density at radius 1 is 1.33 bits per heavy atom. The third-order valence-corrected chi connectivity index (χ3v) is 4.31. The van der Waals surface area contributed by atoms with E-state index in [-0.39, 0.29) is 30.7 Å². The normalized spacial score (nSPS) is 13.3. The number of carboxylic acids is 1. The molecule has 0 fully saturated rings. The number of hydrogen-bond donors (Lipinski definition) is 3. The fourth-order valence-corrected chi connectivity index (χ4v) is 2.86. The van der Waals surface area contributed by atoms with E-state index < -0.39 is 12.0 Å². The minimum atomic E-state index is -0.902. The average molecular weight is 377 g/mol. The molecule has 0 radical (unpaired) electrons. The van der Waals surface area contributed by atoms with Gasteiger partial charge in [0.2, 0.25) is 5.91 Å². The third-order valence-electron chi connectivity index (χ3n) is 2.69. The number of thiophene rings is 1. The zero-order valence-electron chi connectivity index (χ0n) is 11.7. The van der Waals surface area contributed by atoms with Crippen molar-refractivity contribution >= 4 is 45.1 Å². The lowest BCUT2D eigenvalue weighted by molar-refractivity contribution is -0.138. The topological polar surface area (TPSA) is 95.5 Å². The number of carboxylic acid groups (broad SMARTS) is 1. The van der Waals surface area contributed by atoms with Gasteiger partial charge in [0.1, 0.15) is 6.04 Å². The summed E-state index contributed by atoms with van der Waals surface area (Å²) in [5.41, 5.74) is 0. The van der Waals surface area contributed by atoms with Gasteiger partial charge in [-0.3, -0.25) is 14.4 Å². The number of rotatable bonds is 7. The van der Waals surface area contributed by atoms with Crippen molar-refractivity contribution < 1.29 is 19.5 Å². The van der Waals surface area contributed by atoms with Gasteiger partial charge in [-0.05, 0) is 40.9 Å². The summed E-state index contributed by atoms with van der Waals surface area (Å²) in [5, 5.41) is 13.9. The molecule has 2 amide bonds. The van der Waals surface area contributed by atoms with Crippen molar-refractivity contribution in [2.75, 3.05) is 6.54 Å². The van der Waals surface area contributed by atoms with Gasteiger partial charge in [0, 0.05) is 13.0 Å². The van der Waals surface area contributed by atoms with Crippen LogP contribution >= 0.6 is 27.3 Å². The summed E-state index contributed by atoms with van der Waals surface area (Å²) in [6.07, 6.45) is -0.00968. The van der Waals surface area contributed by atoms with Crippen LogP contribution in [0.25, 0.3) is 0 Å². The Morgan fingerprint density at radius 2 is 2.00 bits per heavy atom. The van der Waals surface area contributed by atoms with E-state index in [1.807, 2.05) is 0 Å². The number of carbonyl (C=O) groups is 3. The van der Waals surface area contributed by atoms with Crippen molar-refractivity contribution in [2.45, 2.75) is 26.3 Å². The van der Waals surface area contributed by atoms with Crippen LogP contribution < -0.4 is 10.6 Å². The second-order valence-electron chi connectivity index (χ2n) is 4.75. The molecule has 0 aromatic carbocycles. The maximum absolute atomic E-state index is 11.9. The van der Waals surface area contributed by atoms with Crippen LogP contribution in [0.2, 0.25) is 0 Å². The van der Waals surface area contributed by atoms with Gasteiger partial charge in [0.25, 0.3) is 5.91 Å². The van der Waals surface area contributed by atoms with Crippen LogP contribution in [0.3, 0.4) is 0 Å². The van der Waals surface area contributed by atoms with Gasteiger partial charge in [-0.1, -0.05) is 6.92 Å². The highest BCUT2D eigenvalue weighted by Gasteiger charge is 2.18. The molecule has 0 aliphatic carbocycles. The van der Waals surface area contributed by atoms with Gasteiger partial charge in [-0.25, -0.2) is 0 Å². The lowest BCUT2D eigenvalue weighted by atomic mass is 10.1. The predicted molar refractivity (Wildman–Crippen MR) is 83.4 cm³/mol. The van der Waals surface area contributed by atoms with Gasteiger partial charge in [0.05, 0.1) is 8.66 Å². The predicted octanol–water partition coefficient (Wildman–Crippen LogP) is 1.86. The van der Waals surface area contributed by atoms with Crippen LogP contribution in [0, 0.1) is 5.92 Å². The van der Waals surface area contributed by atoms with Crippen LogP contribution in [0.1, 0.15) is 29.9 Å². The molecule has 0 saturated carbocycles. The maximum Gasteiger partial charge on any atom is 0.303 e. The largest absolute Gasteiger partial charge is 0.481 e. The molecule has 1 rings (SSSR count). The zero-order valence-corrected chi connectivity index (χ0v) is 14.1. The Hall–Kier alpha value is -1.41. The molecule has 0 saturated heterocycles. The van der Waals surface area contributed by atoms with Gasteiger partial charge in [-0.15, -0.1) is 11.3 Å². The second-order valence-corrected chi connectivity index (χ2v) is 7.21. The average Bonchev–Trinajstić information content (AvgIpc) is 2.81. The first-order valence-electron chi connectivity index (χ1n) is 6.35. The minimum absolute atomic E-state index is 0.00968. The van der Waals surface area contributed by atoms with Crippen LogP contribution in [0.4, 0.5) is 0 Å². The molecule has 2 unspecified atom stereocenters. The molecule has 8 heteroatoms. The lowest BCUT2D eigenvalue weighted by Gasteiger charge is -2.15. The van der Waals surface area contributed by atoms with Crippen LogP contribution in [0.15, 0.2) is 15.9 Å². The summed E-state index contributed by atoms with van der Waals surface area (Å²) in [5.74, 6) is -1.72. The van der Waals surface area contributed by atoms with E-state index >= 15 is 0 Å².